The molecular weight excluding hydrogens is 562 g/mol. The Morgan fingerprint density at radius 2 is 1.40 bits per heavy atom. The fourth-order valence-corrected chi connectivity index (χ4v) is 4.06. The number of fused-ring (bicyclic) bond motifs is 1. The molecule has 0 fully saturated rings. The highest BCUT2D eigenvalue weighted by Crippen LogP contribution is 2.38. The van der Waals surface area contributed by atoms with Crippen LogP contribution in [0.5, 0.6) is 5.75 Å². The van der Waals surface area contributed by atoms with Crippen LogP contribution in [-0.4, -0.2) is 37.8 Å². The van der Waals surface area contributed by atoms with Gasteiger partial charge in [0.15, 0.2) is 0 Å². The number of hydrogen-bond acceptors (Lipinski definition) is 12. The number of aryl methyl sites for hydroxylation is 1. The van der Waals surface area contributed by atoms with Crippen LogP contribution in [0, 0.1) is 6.92 Å². The van der Waals surface area contributed by atoms with Gasteiger partial charge in [0.05, 0.1) is 47.0 Å². The number of azo groups is 2. The van der Waals surface area contributed by atoms with Gasteiger partial charge in [-0.1, -0.05) is 24.3 Å². The van der Waals surface area contributed by atoms with E-state index >= 15 is 0 Å². The first-order valence-electron chi connectivity index (χ1n) is 11.2. The van der Waals surface area contributed by atoms with E-state index in [0.29, 0.717) is 50.5 Å². The molecule has 208 valence electrons. The van der Waals surface area contributed by atoms with E-state index in [9.17, 15) is 18.1 Å². The maximum atomic E-state index is 11.8. The number of aliphatic hydroxyl groups is 1. The van der Waals surface area contributed by atoms with Crippen molar-refractivity contribution >= 4 is 59.9 Å². The Morgan fingerprint density at radius 3 is 1.98 bits per heavy atom. The van der Waals surface area contributed by atoms with Crippen LogP contribution in [0.1, 0.15) is 11.1 Å². The monoisotopic (exact) mass is 585 g/mol. The summed E-state index contributed by atoms with van der Waals surface area (Å²) in [6, 6.07) is 18.0. The Bertz CT molecular complexity index is 1840. The third kappa shape index (κ3) is 7.51. The average Bonchev–Trinajstić information content (AvgIpc) is 2.90. The van der Waals surface area contributed by atoms with Crippen LogP contribution in [0.15, 0.2) is 92.1 Å². The molecule has 0 aliphatic rings. The Kier molecular flexibility index (Phi) is 9.73. The number of aliphatic hydroxyl groups excluding tert-OH is 1. The first-order chi connectivity index (χ1) is 18.9. The molecular formula is C25H23N5O8S2. The van der Waals surface area contributed by atoms with Crippen molar-refractivity contribution in [1.82, 2.24) is 0 Å². The van der Waals surface area contributed by atoms with Crippen LogP contribution in [-0.2, 0) is 27.3 Å². The molecule has 40 heavy (non-hydrogen) atoms. The Morgan fingerprint density at radius 1 is 0.825 bits per heavy atom. The second kappa shape index (κ2) is 13.0. The standard InChI is InChI=1S/C25H23N5O5S.O3S/c1-15-5-3-4-6-21(15)27-28-22-9-10-23(19-12-17(36(32,33)34)7-8-18(19)22)29-30-24-13-25(35-2)20(26)11-16(24)14-31;1-4(2)3/h3-13,31H,14,26H2,1-2H3,(H,32,33,34);. The smallest absolute Gasteiger partial charge is 0.425 e. The van der Waals surface area contributed by atoms with Crippen molar-refractivity contribution < 1.29 is 35.4 Å². The molecule has 4 aromatic carbocycles. The largest absolute Gasteiger partial charge is 0.495 e. The molecule has 0 unspecified atom stereocenters. The minimum absolute atomic E-state index is 0.301. The van der Waals surface area contributed by atoms with Crippen LogP contribution in [0.4, 0.5) is 28.4 Å². The van der Waals surface area contributed by atoms with Gasteiger partial charge in [0, 0.05) is 22.4 Å². The normalized spacial score (nSPS) is 11.5. The second-order valence-corrected chi connectivity index (χ2v) is 9.89. The minimum Gasteiger partial charge on any atom is -0.495 e. The van der Waals surface area contributed by atoms with Gasteiger partial charge in [-0.3, -0.25) is 4.55 Å². The first kappa shape index (κ1) is 30.0. The Labute approximate surface area is 230 Å². The number of rotatable bonds is 7. The highest BCUT2D eigenvalue weighted by Gasteiger charge is 2.14. The topological polar surface area (TPSA) is 210 Å². The number of methoxy groups -OCH3 is 1. The summed E-state index contributed by atoms with van der Waals surface area (Å²) in [6.45, 7) is 1.59. The van der Waals surface area contributed by atoms with E-state index in [4.69, 9.17) is 23.1 Å². The van der Waals surface area contributed by atoms with Gasteiger partial charge >= 0.3 is 10.6 Å². The summed E-state index contributed by atoms with van der Waals surface area (Å²) < 4.78 is 63.7. The zero-order chi connectivity index (χ0) is 29.4. The lowest BCUT2D eigenvalue weighted by Gasteiger charge is -2.09. The highest BCUT2D eigenvalue weighted by molar-refractivity contribution is 7.85. The van der Waals surface area contributed by atoms with Crippen molar-refractivity contribution in [3.8, 4) is 5.75 Å². The quantitative estimate of drug-likeness (QED) is 0.146. The van der Waals surface area contributed by atoms with E-state index in [1.165, 1.54) is 31.4 Å². The molecule has 0 saturated carbocycles. The van der Waals surface area contributed by atoms with E-state index in [0.717, 1.165) is 5.56 Å². The van der Waals surface area contributed by atoms with Gasteiger partial charge in [-0.25, -0.2) is 0 Å². The molecule has 0 heterocycles. The molecule has 4 aromatic rings. The molecule has 0 radical (unpaired) electrons. The van der Waals surface area contributed by atoms with Gasteiger partial charge in [0.1, 0.15) is 5.75 Å². The van der Waals surface area contributed by atoms with E-state index in [1.54, 1.807) is 18.2 Å². The van der Waals surface area contributed by atoms with Crippen LogP contribution >= 0.6 is 0 Å². The molecule has 0 aliphatic carbocycles. The fourth-order valence-electron chi connectivity index (χ4n) is 3.55. The van der Waals surface area contributed by atoms with Gasteiger partial charge in [-0.15, -0.1) is 22.9 Å². The number of hydrogen-bond donors (Lipinski definition) is 3. The van der Waals surface area contributed by atoms with Crippen molar-refractivity contribution in [1.29, 1.82) is 0 Å². The van der Waals surface area contributed by atoms with Gasteiger partial charge in [-0.2, -0.15) is 18.6 Å². The first-order valence-corrected chi connectivity index (χ1v) is 13.7. The molecule has 4 N–H and O–H groups in total. The molecule has 15 heteroatoms. The Balaban J connectivity index is 0.00000103. The minimum atomic E-state index is -4.47. The van der Waals surface area contributed by atoms with Crippen molar-refractivity contribution in [3.05, 3.63) is 77.9 Å². The van der Waals surface area contributed by atoms with E-state index in [-0.39, 0.29) is 11.5 Å². The zero-order valence-corrected chi connectivity index (χ0v) is 22.7. The number of benzene rings is 4. The zero-order valence-electron chi connectivity index (χ0n) is 21.1. The van der Waals surface area contributed by atoms with Crippen molar-refractivity contribution in [2.45, 2.75) is 18.4 Å². The number of anilines is 1. The number of nitrogens with zero attached hydrogens (tertiary/aromatic N) is 4. The van der Waals surface area contributed by atoms with Crippen LogP contribution in [0.25, 0.3) is 10.8 Å². The van der Waals surface area contributed by atoms with Crippen LogP contribution < -0.4 is 10.5 Å². The lowest BCUT2D eigenvalue weighted by Crippen LogP contribution is -1.97. The van der Waals surface area contributed by atoms with E-state index in [1.807, 2.05) is 31.2 Å². The molecule has 0 aromatic heterocycles. The molecule has 13 nitrogen and oxygen atoms in total. The predicted octanol–water partition coefficient (Wildman–Crippen LogP) is 5.30. The molecule has 0 atom stereocenters. The SMILES string of the molecule is COc1cc(N=Nc2ccc(N=Nc3ccccc3C)c3ccc(S(=O)(=O)O)cc23)c(CO)cc1N.O=S(=O)=O. The molecule has 0 saturated heterocycles. The van der Waals surface area contributed by atoms with Crippen molar-refractivity contribution in [3.63, 3.8) is 0 Å². The number of ether oxygens (including phenoxy) is 1. The molecule has 0 aliphatic heterocycles. The number of nitrogens with two attached hydrogens (primary N) is 1. The summed E-state index contributed by atoms with van der Waals surface area (Å²) in [5, 5.41) is 27.8. The van der Waals surface area contributed by atoms with Gasteiger partial charge in [-0.05, 0) is 48.9 Å². The molecule has 0 spiro atoms. The molecule has 0 amide bonds. The summed E-state index contributed by atoms with van der Waals surface area (Å²) >= 11 is 0. The number of nitrogen functional groups attached to an aromatic ring is 1. The summed E-state index contributed by atoms with van der Waals surface area (Å²) in [5.74, 6) is 0.367. The summed E-state index contributed by atoms with van der Waals surface area (Å²) in [7, 11) is -6.12. The second-order valence-electron chi connectivity index (χ2n) is 8.06. The van der Waals surface area contributed by atoms with Gasteiger partial charge in [0.2, 0.25) is 0 Å². The summed E-state index contributed by atoms with van der Waals surface area (Å²) in [6.07, 6.45) is 0. The average molecular weight is 586 g/mol. The third-order valence-corrected chi connectivity index (χ3v) is 6.34. The summed E-state index contributed by atoms with van der Waals surface area (Å²) in [5.41, 5.74) is 9.42. The van der Waals surface area contributed by atoms with Crippen molar-refractivity contribution in [2.75, 3.05) is 12.8 Å². The predicted molar refractivity (Wildman–Crippen MR) is 146 cm³/mol. The lowest BCUT2D eigenvalue weighted by molar-refractivity contribution is 0.282. The highest BCUT2D eigenvalue weighted by atomic mass is 32.2. The van der Waals surface area contributed by atoms with Crippen molar-refractivity contribution in [2.24, 2.45) is 20.5 Å². The maximum Gasteiger partial charge on any atom is 0.425 e. The van der Waals surface area contributed by atoms with Gasteiger partial charge < -0.3 is 15.6 Å². The summed E-state index contributed by atoms with van der Waals surface area (Å²) in [4.78, 5) is -0.301. The third-order valence-electron chi connectivity index (χ3n) is 5.49. The van der Waals surface area contributed by atoms with Gasteiger partial charge in [0.25, 0.3) is 10.1 Å². The van der Waals surface area contributed by atoms with Crippen LogP contribution in [0.3, 0.4) is 0 Å². The lowest BCUT2D eigenvalue weighted by atomic mass is 10.1. The van der Waals surface area contributed by atoms with Crippen LogP contribution in [0.2, 0.25) is 0 Å². The fraction of sp³-hybridized carbons (Fsp3) is 0.120. The molecule has 4 rings (SSSR count). The van der Waals surface area contributed by atoms with E-state index < -0.39 is 20.7 Å². The Hall–Kier alpha value is -4.57. The maximum absolute atomic E-state index is 11.8. The molecule has 0 bridgehead atoms. The van der Waals surface area contributed by atoms with E-state index in [2.05, 4.69) is 20.5 Å².